The maximum atomic E-state index is 13.9. The van der Waals surface area contributed by atoms with Gasteiger partial charge in [0.1, 0.15) is 11.9 Å². The van der Waals surface area contributed by atoms with Crippen LogP contribution in [0.1, 0.15) is 18.1 Å². The predicted octanol–water partition coefficient (Wildman–Crippen LogP) is 3.29. The summed E-state index contributed by atoms with van der Waals surface area (Å²) in [5, 5.41) is 2.56. The van der Waals surface area contributed by atoms with Gasteiger partial charge in [-0.25, -0.2) is 4.39 Å². The highest BCUT2D eigenvalue weighted by molar-refractivity contribution is 9.10. The van der Waals surface area contributed by atoms with Gasteiger partial charge in [0, 0.05) is 18.1 Å². The molecule has 132 valence electrons. The molecular weight excluding hydrogens is 387 g/mol. The third-order valence-electron chi connectivity index (χ3n) is 3.98. The minimum Gasteiger partial charge on any atom is -0.357 e. The molecule has 2 rings (SSSR count). The average molecular weight is 407 g/mol. The molecule has 25 heavy (non-hydrogen) atoms. The van der Waals surface area contributed by atoms with Crippen LogP contribution in [-0.4, -0.2) is 29.8 Å². The minimum atomic E-state index is -0.659. The van der Waals surface area contributed by atoms with Crippen LogP contribution in [0, 0.1) is 5.82 Å². The Balaban J connectivity index is 2.23. The Morgan fingerprint density at radius 3 is 2.40 bits per heavy atom. The van der Waals surface area contributed by atoms with E-state index in [9.17, 15) is 14.0 Å². The number of benzene rings is 2. The second kappa shape index (κ2) is 8.76. The molecule has 0 aliphatic carbocycles. The number of hydrogen-bond acceptors (Lipinski definition) is 2. The van der Waals surface area contributed by atoms with Crippen LogP contribution in [0.5, 0.6) is 0 Å². The molecule has 2 aromatic carbocycles. The number of hydrogen-bond donors (Lipinski definition) is 1. The lowest BCUT2D eigenvalue weighted by molar-refractivity contribution is -0.139. The maximum absolute atomic E-state index is 13.9. The van der Waals surface area contributed by atoms with Gasteiger partial charge in [-0.1, -0.05) is 46.3 Å². The second-order valence-electron chi connectivity index (χ2n) is 5.71. The third kappa shape index (κ3) is 5.13. The van der Waals surface area contributed by atoms with E-state index in [1.165, 1.54) is 18.0 Å². The number of rotatable bonds is 6. The van der Waals surface area contributed by atoms with Crippen LogP contribution >= 0.6 is 15.9 Å². The molecule has 2 aromatic rings. The van der Waals surface area contributed by atoms with Gasteiger partial charge in [-0.2, -0.15) is 0 Å². The summed E-state index contributed by atoms with van der Waals surface area (Å²) in [6.07, 6.45) is -0.0927. The van der Waals surface area contributed by atoms with Crippen molar-refractivity contribution in [3.8, 4) is 0 Å². The van der Waals surface area contributed by atoms with E-state index in [4.69, 9.17) is 0 Å². The van der Waals surface area contributed by atoms with Gasteiger partial charge in [0.2, 0.25) is 11.8 Å². The normalized spacial score (nSPS) is 11.7. The van der Waals surface area contributed by atoms with Gasteiger partial charge in [-0.05, 0) is 36.2 Å². The van der Waals surface area contributed by atoms with Crippen LogP contribution in [0.15, 0.2) is 53.0 Å². The quantitative estimate of drug-likeness (QED) is 0.799. The van der Waals surface area contributed by atoms with Gasteiger partial charge >= 0.3 is 0 Å². The van der Waals surface area contributed by atoms with E-state index in [1.807, 2.05) is 24.3 Å². The smallest absolute Gasteiger partial charge is 0.242 e. The van der Waals surface area contributed by atoms with Crippen LogP contribution in [0.25, 0.3) is 0 Å². The summed E-state index contributed by atoms with van der Waals surface area (Å²) in [6, 6.07) is 13.0. The fourth-order valence-electron chi connectivity index (χ4n) is 2.48. The topological polar surface area (TPSA) is 49.4 Å². The first kappa shape index (κ1) is 19.1. The Bertz CT molecular complexity index is 749. The predicted molar refractivity (Wildman–Crippen MR) is 98.3 cm³/mol. The molecule has 0 fully saturated rings. The van der Waals surface area contributed by atoms with E-state index in [0.29, 0.717) is 5.56 Å². The summed E-state index contributed by atoms with van der Waals surface area (Å²) in [5.41, 5.74) is 1.21. The van der Waals surface area contributed by atoms with E-state index in [-0.39, 0.29) is 24.8 Å². The van der Waals surface area contributed by atoms with Crippen LogP contribution < -0.4 is 5.32 Å². The number of likely N-dealkylation sites (N-methyl/N-ethyl adjacent to an activating group) is 1. The van der Waals surface area contributed by atoms with Gasteiger partial charge in [-0.3, -0.25) is 9.59 Å². The molecule has 0 saturated heterocycles. The molecule has 0 spiro atoms. The summed E-state index contributed by atoms with van der Waals surface area (Å²) in [7, 11) is 1.53. The summed E-state index contributed by atoms with van der Waals surface area (Å²) in [6.45, 7) is 1.94. The average Bonchev–Trinajstić information content (AvgIpc) is 2.61. The first-order chi connectivity index (χ1) is 11.9. The van der Waals surface area contributed by atoms with Gasteiger partial charge in [0.25, 0.3) is 0 Å². The minimum absolute atomic E-state index is 0.0927. The Kier molecular flexibility index (Phi) is 6.70. The number of amides is 2. The van der Waals surface area contributed by atoms with Crippen molar-refractivity contribution in [1.29, 1.82) is 0 Å². The Hall–Kier alpha value is -2.21. The monoisotopic (exact) mass is 406 g/mol. The first-order valence-corrected chi connectivity index (χ1v) is 8.70. The van der Waals surface area contributed by atoms with Crippen molar-refractivity contribution in [3.63, 3.8) is 0 Å². The van der Waals surface area contributed by atoms with E-state index >= 15 is 0 Å². The fraction of sp³-hybridized carbons (Fsp3) is 0.263. The molecule has 1 atom stereocenters. The molecule has 0 aromatic heterocycles. The lowest BCUT2D eigenvalue weighted by Gasteiger charge is -2.28. The molecule has 0 aliphatic heterocycles. The number of halogens is 2. The third-order valence-corrected chi connectivity index (χ3v) is 4.51. The van der Waals surface area contributed by atoms with E-state index in [2.05, 4.69) is 21.2 Å². The molecule has 0 bridgehead atoms. The standard InChI is InChI=1S/C19H20BrFN2O2/c1-13(19(25)22-2)23(12-14-7-9-16(20)10-8-14)18(24)11-15-5-3-4-6-17(15)21/h3-10,13H,11-12H2,1-2H3,(H,22,25)/t13-/m1/s1. The fourth-order valence-corrected chi connectivity index (χ4v) is 2.75. The number of carbonyl (C=O) groups is 2. The SMILES string of the molecule is CNC(=O)[C@@H](C)N(Cc1ccc(Br)cc1)C(=O)Cc1ccccc1F. The highest BCUT2D eigenvalue weighted by Gasteiger charge is 2.26. The molecule has 0 saturated carbocycles. The van der Waals surface area contributed by atoms with Crippen molar-refractivity contribution in [2.24, 2.45) is 0 Å². The molecule has 2 amide bonds. The summed E-state index contributed by atoms with van der Waals surface area (Å²) in [4.78, 5) is 26.3. The zero-order valence-electron chi connectivity index (χ0n) is 14.1. The van der Waals surface area contributed by atoms with Crippen LogP contribution in [-0.2, 0) is 22.6 Å². The number of carbonyl (C=O) groups excluding carboxylic acids is 2. The van der Waals surface area contributed by atoms with Crippen LogP contribution in [0.4, 0.5) is 4.39 Å². The molecule has 0 unspecified atom stereocenters. The molecule has 0 aliphatic rings. The summed E-state index contributed by atoms with van der Waals surface area (Å²) < 4.78 is 14.8. The first-order valence-electron chi connectivity index (χ1n) is 7.91. The molecule has 6 heteroatoms. The van der Waals surface area contributed by atoms with Gasteiger partial charge < -0.3 is 10.2 Å². The van der Waals surface area contributed by atoms with E-state index in [0.717, 1.165) is 10.0 Å². The zero-order chi connectivity index (χ0) is 18.4. The summed E-state index contributed by atoms with van der Waals surface area (Å²) in [5.74, 6) is -0.991. The van der Waals surface area contributed by atoms with Crippen molar-refractivity contribution < 1.29 is 14.0 Å². The van der Waals surface area contributed by atoms with Crippen LogP contribution in [0.2, 0.25) is 0 Å². The Morgan fingerprint density at radius 2 is 1.80 bits per heavy atom. The van der Waals surface area contributed by atoms with Crippen molar-refractivity contribution in [2.45, 2.75) is 25.9 Å². The molecule has 0 heterocycles. The van der Waals surface area contributed by atoms with Gasteiger partial charge in [0.05, 0.1) is 6.42 Å². The second-order valence-corrected chi connectivity index (χ2v) is 6.62. The lowest BCUT2D eigenvalue weighted by Crippen LogP contribution is -2.47. The molecular formula is C19H20BrFN2O2. The lowest BCUT2D eigenvalue weighted by atomic mass is 10.1. The van der Waals surface area contributed by atoms with Crippen LogP contribution in [0.3, 0.4) is 0 Å². The zero-order valence-corrected chi connectivity index (χ0v) is 15.7. The highest BCUT2D eigenvalue weighted by atomic mass is 79.9. The number of nitrogens with zero attached hydrogens (tertiary/aromatic N) is 1. The van der Waals surface area contributed by atoms with Gasteiger partial charge in [0.15, 0.2) is 0 Å². The number of nitrogens with one attached hydrogen (secondary N) is 1. The molecule has 4 nitrogen and oxygen atoms in total. The Labute approximate surface area is 155 Å². The van der Waals surface area contributed by atoms with Crippen molar-refractivity contribution >= 4 is 27.7 Å². The summed E-state index contributed by atoms with van der Waals surface area (Å²) >= 11 is 3.37. The maximum Gasteiger partial charge on any atom is 0.242 e. The largest absolute Gasteiger partial charge is 0.357 e. The van der Waals surface area contributed by atoms with Crippen molar-refractivity contribution in [3.05, 3.63) is 69.9 Å². The van der Waals surface area contributed by atoms with E-state index < -0.39 is 11.9 Å². The van der Waals surface area contributed by atoms with Crippen molar-refractivity contribution in [2.75, 3.05) is 7.05 Å². The van der Waals surface area contributed by atoms with Gasteiger partial charge in [-0.15, -0.1) is 0 Å². The molecule has 0 radical (unpaired) electrons. The van der Waals surface area contributed by atoms with E-state index in [1.54, 1.807) is 25.1 Å². The highest BCUT2D eigenvalue weighted by Crippen LogP contribution is 2.16. The molecule has 1 N–H and O–H groups in total. The Morgan fingerprint density at radius 1 is 1.16 bits per heavy atom. The van der Waals surface area contributed by atoms with Crippen molar-refractivity contribution in [1.82, 2.24) is 10.2 Å².